The van der Waals surface area contributed by atoms with Gasteiger partial charge in [-0.25, -0.2) is 4.79 Å². The van der Waals surface area contributed by atoms with Crippen LogP contribution in [0, 0.1) is 5.92 Å². The molecule has 0 saturated heterocycles. The molecule has 29 heavy (non-hydrogen) atoms. The van der Waals surface area contributed by atoms with Crippen LogP contribution in [0.5, 0.6) is 11.5 Å². The Morgan fingerprint density at radius 3 is 2.45 bits per heavy atom. The number of nitrogens with one attached hydrogen (secondary N) is 2. The smallest absolute Gasteiger partial charge is 0.330 e. The summed E-state index contributed by atoms with van der Waals surface area (Å²) in [6, 6.07) is 11.9. The Kier molecular flexibility index (Phi) is 6.33. The minimum atomic E-state index is -1.21. The summed E-state index contributed by atoms with van der Waals surface area (Å²) in [6.07, 6.45) is 1.81. The van der Waals surface area contributed by atoms with Gasteiger partial charge in [-0.3, -0.25) is 9.59 Å². The summed E-state index contributed by atoms with van der Waals surface area (Å²) in [6.45, 7) is -0.361. The maximum absolute atomic E-state index is 12.2. The highest BCUT2D eigenvalue weighted by Crippen LogP contribution is 2.30. The molecule has 8 heteroatoms. The molecule has 8 nitrogen and oxygen atoms in total. The third-order valence-corrected chi connectivity index (χ3v) is 4.42. The van der Waals surface area contributed by atoms with Gasteiger partial charge >= 0.3 is 5.97 Å². The predicted molar refractivity (Wildman–Crippen MR) is 105 cm³/mol. The second-order valence-corrected chi connectivity index (χ2v) is 6.69. The minimum absolute atomic E-state index is 0.0244. The SMILES string of the molecule is COc1ccc(C(NC(=O)COc2cccc(NC(=O)C3CC3)c2)C(=O)O)cc1. The molecule has 2 amide bonds. The first kappa shape index (κ1) is 20.2. The van der Waals surface area contributed by atoms with Crippen molar-refractivity contribution in [3.63, 3.8) is 0 Å². The fourth-order valence-corrected chi connectivity index (χ4v) is 2.69. The summed E-state index contributed by atoms with van der Waals surface area (Å²) < 4.78 is 10.5. The van der Waals surface area contributed by atoms with Gasteiger partial charge in [-0.15, -0.1) is 0 Å². The van der Waals surface area contributed by atoms with Gasteiger partial charge in [-0.1, -0.05) is 18.2 Å². The topological polar surface area (TPSA) is 114 Å². The first-order chi connectivity index (χ1) is 14.0. The number of carbonyl (C=O) groups excluding carboxylic acids is 2. The fraction of sp³-hybridized carbons (Fsp3) is 0.286. The maximum atomic E-state index is 12.2. The zero-order valence-electron chi connectivity index (χ0n) is 15.9. The highest BCUT2D eigenvalue weighted by Gasteiger charge is 2.29. The van der Waals surface area contributed by atoms with Crippen LogP contribution in [0.2, 0.25) is 0 Å². The van der Waals surface area contributed by atoms with E-state index in [0.717, 1.165) is 12.8 Å². The van der Waals surface area contributed by atoms with Gasteiger partial charge in [-0.2, -0.15) is 0 Å². The van der Waals surface area contributed by atoms with Crippen molar-refractivity contribution in [2.45, 2.75) is 18.9 Å². The maximum Gasteiger partial charge on any atom is 0.330 e. The van der Waals surface area contributed by atoms with Crippen LogP contribution in [0.1, 0.15) is 24.4 Å². The van der Waals surface area contributed by atoms with E-state index in [4.69, 9.17) is 9.47 Å². The fourth-order valence-electron chi connectivity index (χ4n) is 2.69. The Hall–Kier alpha value is -3.55. The van der Waals surface area contributed by atoms with Gasteiger partial charge in [0.05, 0.1) is 7.11 Å². The Morgan fingerprint density at radius 1 is 1.10 bits per heavy atom. The van der Waals surface area contributed by atoms with Crippen LogP contribution in [-0.2, 0) is 14.4 Å². The van der Waals surface area contributed by atoms with Gasteiger partial charge in [0.15, 0.2) is 12.6 Å². The molecule has 1 aliphatic rings. The molecule has 1 atom stereocenters. The van der Waals surface area contributed by atoms with Crippen molar-refractivity contribution in [2.24, 2.45) is 5.92 Å². The van der Waals surface area contributed by atoms with Crippen molar-refractivity contribution in [3.8, 4) is 11.5 Å². The number of ether oxygens (including phenoxy) is 2. The highest BCUT2D eigenvalue weighted by atomic mass is 16.5. The molecule has 0 aliphatic heterocycles. The Labute approximate surface area is 167 Å². The van der Waals surface area contributed by atoms with E-state index >= 15 is 0 Å². The van der Waals surface area contributed by atoms with Crippen LogP contribution in [0.4, 0.5) is 5.69 Å². The van der Waals surface area contributed by atoms with Gasteiger partial charge in [-0.05, 0) is 42.7 Å². The highest BCUT2D eigenvalue weighted by molar-refractivity contribution is 5.94. The number of amides is 2. The van der Waals surface area contributed by atoms with Crippen molar-refractivity contribution < 1.29 is 29.0 Å². The van der Waals surface area contributed by atoms with Crippen molar-refractivity contribution in [1.29, 1.82) is 0 Å². The van der Waals surface area contributed by atoms with Gasteiger partial charge in [0.1, 0.15) is 11.5 Å². The number of anilines is 1. The lowest BCUT2D eigenvalue weighted by Gasteiger charge is -2.16. The summed E-state index contributed by atoms with van der Waals surface area (Å²) in [4.78, 5) is 35.6. The molecule has 1 fully saturated rings. The molecule has 0 bridgehead atoms. The molecule has 0 spiro atoms. The van der Waals surface area contributed by atoms with Gasteiger partial charge in [0.25, 0.3) is 5.91 Å². The molecule has 0 aromatic heterocycles. The standard InChI is InChI=1S/C21H22N2O6/c1-28-16-9-7-13(8-10-16)19(21(26)27)23-18(24)12-29-17-4-2-3-15(11-17)22-20(25)14-5-6-14/h2-4,7-11,14,19H,5-6,12H2,1H3,(H,22,25)(H,23,24)(H,26,27). The predicted octanol–water partition coefficient (Wildman–Crippen LogP) is 2.36. The molecule has 1 aliphatic carbocycles. The quantitative estimate of drug-likeness (QED) is 0.598. The van der Waals surface area contributed by atoms with E-state index in [0.29, 0.717) is 22.7 Å². The average molecular weight is 398 g/mol. The number of hydrogen-bond acceptors (Lipinski definition) is 5. The molecular formula is C21H22N2O6. The van der Waals surface area contributed by atoms with Crippen LogP contribution in [0.3, 0.4) is 0 Å². The molecule has 0 radical (unpaired) electrons. The number of benzene rings is 2. The van der Waals surface area contributed by atoms with E-state index in [-0.39, 0.29) is 18.4 Å². The first-order valence-electron chi connectivity index (χ1n) is 9.16. The number of methoxy groups -OCH3 is 1. The molecule has 3 rings (SSSR count). The number of carbonyl (C=O) groups is 3. The summed E-state index contributed by atoms with van der Waals surface area (Å²) in [7, 11) is 1.51. The molecule has 0 heterocycles. The second kappa shape index (κ2) is 9.09. The van der Waals surface area contributed by atoms with Crippen LogP contribution in [0.25, 0.3) is 0 Å². The lowest BCUT2D eigenvalue weighted by molar-refractivity contribution is -0.142. The number of carboxylic acid groups (broad SMARTS) is 1. The first-order valence-corrected chi connectivity index (χ1v) is 9.16. The molecule has 1 saturated carbocycles. The van der Waals surface area contributed by atoms with Crippen molar-refractivity contribution in [1.82, 2.24) is 5.32 Å². The van der Waals surface area contributed by atoms with E-state index in [1.807, 2.05) is 0 Å². The van der Waals surface area contributed by atoms with Gasteiger partial charge in [0.2, 0.25) is 5.91 Å². The molecule has 2 aromatic rings. The lowest BCUT2D eigenvalue weighted by atomic mass is 10.1. The number of aliphatic carboxylic acids is 1. The van der Waals surface area contributed by atoms with Crippen molar-refractivity contribution in [2.75, 3.05) is 19.0 Å². The largest absolute Gasteiger partial charge is 0.497 e. The van der Waals surface area contributed by atoms with E-state index in [2.05, 4.69) is 10.6 Å². The monoisotopic (exact) mass is 398 g/mol. The van der Waals surface area contributed by atoms with Crippen LogP contribution >= 0.6 is 0 Å². The van der Waals surface area contributed by atoms with E-state index in [1.54, 1.807) is 48.5 Å². The third-order valence-electron chi connectivity index (χ3n) is 4.42. The van der Waals surface area contributed by atoms with Gasteiger partial charge < -0.3 is 25.2 Å². The van der Waals surface area contributed by atoms with E-state index in [9.17, 15) is 19.5 Å². The van der Waals surface area contributed by atoms with Crippen LogP contribution < -0.4 is 20.1 Å². The summed E-state index contributed by atoms with van der Waals surface area (Å²) in [5.74, 6) is -0.736. The van der Waals surface area contributed by atoms with Crippen molar-refractivity contribution in [3.05, 3.63) is 54.1 Å². The average Bonchev–Trinajstić information content (AvgIpc) is 3.56. The zero-order valence-corrected chi connectivity index (χ0v) is 15.9. The molecular weight excluding hydrogens is 376 g/mol. The second-order valence-electron chi connectivity index (χ2n) is 6.69. The lowest BCUT2D eigenvalue weighted by Crippen LogP contribution is -2.36. The number of hydrogen-bond donors (Lipinski definition) is 3. The third kappa shape index (κ3) is 5.71. The zero-order chi connectivity index (χ0) is 20.8. The van der Waals surface area contributed by atoms with E-state index in [1.165, 1.54) is 7.11 Å². The number of rotatable bonds is 9. The Balaban J connectivity index is 1.56. The molecule has 152 valence electrons. The normalized spacial score (nSPS) is 13.8. The Morgan fingerprint density at radius 2 is 1.83 bits per heavy atom. The van der Waals surface area contributed by atoms with E-state index < -0.39 is 17.9 Å². The van der Waals surface area contributed by atoms with Crippen molar-refractivity contribution >= 4 is 23.5 Å². The van der Waals surface area contributed by atoms with Crippen LogP contribution in [0.15, 0.2) is 48.5 Å². The molecule has 2 aromatic carbocycles. The molecule has 1 unspecified atom stereocenters. The Bertz CT molecular complexity index is 892. The summed E-state index contributed by atoms with van der Waals surface area (Å²) in [5, 5.41) is 14.7. The minimum Gasteiger partial charge on any atom is -0.497 e. The summed E-state index contributed by atoms with van der Waals surface area (Å²) >= 11 is 0. The summed E-state index contributed by atoms with van der Waals surface area (Å²) in [5.41, 5.74) is 0.998. The van der Waals surface area contributed by atoms with Crippen LogP contribution in [-0.4, -0.2) is 36.6 Å². The number of carboxylic acids is 1. The molecule has 3 N–H and O–H groups in total. The van der Waals surface area contributed by atoms with Gasteiger partial charge in [0, 0.05) is 17.7 Å².